The van der Waals surface area contributed by atoms with Crippen molar-refractivity contribution in [2.24, 2.45) is 0 Å². The number of nitrogens with one attached hydrogen (secondary N) is 1. The van der Waals surface area contributed by atoms with E-state index in [4.69, 9.17) is 4.74 Å². The van der Waals surface area contributed by atoms with E-state index in [0.29, 0.717) is 24.2 Å². The minimum absolute atomic E-state index is 0.318. The van der Waals surface area contributed by atoms with Gasteiger partial charge in [-0.15, -0.1) is 0 Å². The van der Waals surface area contributed by atoms with Crippen molar-refractivity contribution in [3.63, 3.8) is 0 Å². The van der Waals surface area contributed by atoms with Crippen LogP contribution >= 0.6 is 0 Å². The van der Waals surface area contributed by atoms with E-state index in [1.54, 1.807) is 18.2 Å². The Kier molecular flexibility index (Phi) is 5.10. The molecule has 6 nitrogen and oxygen atoms in total. The van der Waals surface area contributed by atoms with Crippen LogP contribution in [0.2, 0.25) is 0 Å². The maximum atomic E-state index is 12.4. The number of para-hydroxylation sites is 1. The molecule has 1 unspecified atom stereocenters. The topological polar surface area (TPSA) is 82.0 Å². The third kappa shape index (κ3) is 4.00. The summed E-state index contributed by atoms with van der Waals surface area (Å²) in [5.41, 5.74) is 0.476. The summed E-state index contributed by atoms with van der Waals surface area (Å²) < 4.78 is 5.48. The molecule has 1 saturated heterocycles. The monoisotopic (exact) mass is 306 g/mol. The summed E-state index contributed by atoms with van der Waals surface area (Å²) in [6.45, 7) is 7.26. The molecular weight excluding hydrogens is 283 g/mol. The van der Waals surface area contributed by atoms with Crippen molar-refractivity contribution in [1.82, 2.24) is 5.32 Å². The van der Waals surface area contributed by atoms with Crippen LogP contribution in [0.5, 0.6) is 0 Å². The number of carbonyl (C=O) groups excluding carboxylic acids is 1. The fourth-order valence-electron chi connectivity index (χ4n) is 2.54. The van der Waals surface area contributed by atoms with Gasteiger partial charge >= 0.3 is 13.1 Å². The summed E-state index contributed by atoms with van der Waals surface area (Å²) in [6, 6.07) is 6.50. The highest BCUT2D eigenvalue weighted by Gasteiger charge is 2.34. The molecule has 7 heteroatoms. The largest absolute Gasteiger partial charge is 0.490 e. The van der Waals surface area contributed by atoms with Gasteiger partial charge in [-0.3, -0.25) is 0 Å². The fourth-order valence-corrected chi connectivity index (χ4v) is 2.54. The molecule has 1 aliphatic heterocycles. The highest BCUT2D eigenvalue weighted by Crippen LogP contribution is 2.19. The van der Waals surface area contributed by atoms with Gasteiger partial charge in [0, 0.05) is 30.8 Å². The van der Waals surface area contributed by atoms with Gasteiger partial charge in [0.1, 0.15) is 11.6 Å². The normalized spacial score (nSPS) is 19.0. The van der Waals surface area contributed by atoms with Crippen LogP contribution in [0.1, 0.15) is 20.8 Å². The molecule has 0 spiro atoms. The maximum Gasteiger partial charge on any atom is 0.490 e. The Labute approximate surface area is 131 Å². The summed E-state index contributed by atoms with van der Waals surface area (Å²) in [7, 11) is -1.58. The van der Waals surface area contributed by atoms with Crippen LogP contribution in [-0.4, -0.2) is 54.4 Å². The lowest BCUT2D eigenvalue weighted by molar-refractivity contribution is -0.156. The predicted octanol–water partition coefficient (Wildman–Crippen LogP) is -0.514. The number of rotatable bonds is 3. The number of nitrogens with zero attached hydrogens (tertiary/aromatic N) is 1. The number of piperazine rings is 1. The van der Waals surface area contributed by atoms with Crippen molar-refractivity contribution in [1.29, 1.82) is 0 Å². The van der Waals surface area contributed by atoms with E-state index < -0.39 is 18.8 Å². The average Bonchev–Trinajstić information content (AvgIpc) is 2.45. The summed E-state index contributed by atoms with van der Waals surface area (Å²) >= 11 is 0. The number of anilines is 1. The number of hydrogen-bond acceptors (Lipinski definition) is 6. The third-order valence-corrected chi connectivity index (χ3v) is 3.45. The standard InChI is InChI=1S/C15H23BN2O4/c1-15(2,3)22-14(19)13-10-17-8-9-18(13)12-7-5-4-6-11(12)16(20)21/h4-7,13,17,20-21H,8-10H2,1-3H3. The molecule has 0 radical (unpaired) electrons. The Hall–Kier alpha value is -1.57. The Bertz CT molecular complexity index is 531. The van der Waals surface area contributed by atoms with E-state index in [1.165, 1.54) is 0 Å². The zero-order chi connectivity index (χ0) is 16.3. The molecule has 0 saturated carbocycles. The van der Waals surface area contributed by atoms with E-state index in [-0.39, 0.29) is 5.97 Å². The number of carbonyl (C=O) groups is 1. The van der Waals surface area contributed by atoms with Gasteiger partial charge in [0.25, 0.3) is 0 Å². The molecule has 2 rings (SSSR count). The van der Waals surface area contributed by atoms with Gasteiger partial charge in [0.05, 0.1) is 0 Å². The number of benzene rings is 1. The number of ether oxygens (including phenoxy) is 1. The number of hydrogen-bond donors (Lipinski definition) is 3. The Morgan fingerprint density at radius 1 is 1.36 bits per heavy atom. The Morgan fingerprint density at radius 3 is 2.68 bits per heavy atom. The van der Waals surface area contributed by atoms with E-state index in [1.807, 2.05) is 31.7 Å². The van der Waals surface area contributed by atoms with Gasteiger partial charge in [0.15, 0.2) is 0 Å². The smallest absolute Gasteiger partial charge is 0.458 e. The lowest BCUT2D eigenvalue weighted by Gasteiger charge is -2.38. The average molecular weight is 306 g/mol. The minimum atomic E-state index is -1.58. The first kappa shape index (κ1) is 16.8. The molecule has 0 aromatic heterocycles. The highest BCUT2D eigenvalue weighted by molar-refractivity contribution is 6.60. The minimum Gasteiger partial charge on any atom is -0.458 e. The van der Waals surface area contributed by atoms with Crippen LogP contribution in [0.3, 0.4) is 0 Å². The van der Waals surface area contributed by atoms with Crippen molar-refractivity contribution in [3.8, 4) is 0 Å². The van der Waals surface area contributed by atoms with Gasteiger partial charge in [0.2, 0.25) is 0 Å². The van der Waals surface area contributed by atoms with Crippen LogP contribution in [0.25, 0.3) is 0 Å². The van der Waals surface area contributed by atoms with Gasteiger partial charge in [-0.1, -0.05) is 18.2 Å². The molecule has 22 heavy (non-hydrogen) atoms. The third-order valence-electron chi connectivity index (χ3n) is 3.45. The molecular formula is C15H23BN2O4. The van der Waals surface area contributed by atoms with Crippen LogP contribution in [0.15, 0.2) is 24.3 Å². The SMILES string of the molecule is CC(C)(C)OC(=O)C1CNCCN1c1ccccc1B(O)O. The molecule has 1 heterocycles. The lowest BCUT2D eigenvalue weighted by Crippen LogP contribution is -2.58. The first-order chi connectivity index (χ1) is 10.3. The second-order valence-corrected chi connectivity index (χ2v) is 6.38. The van der Waals surface area contributed by atoms with Crippen molar-refractivity contribution >= 4 is 24.2 Å². The quantitative estimate of drug-likeness (QED) is 0.515. The first-order valence-corrected chi connectivity index (χ1v) is 7.45. The van der Waals surface area contributed by atoms with Gasteiger partial charge < -0.3 is 25.0 Å². The Balaban J connectivity index is 2.29. The fraction of sp³-hybridized carbons (Fsp3) is 0.533. The number of esters is 1. The van der Waals surface area contributed by atoms with Crippen LogP contribution < -0.4 is 15.7 Å². The molecule has 0 bridgehead atoms. The molecule has 1 aromatic carbocycles. The molecule has 120 valence electrons. The lowest BCUT2D eigenvalue weighted by atomic mass is 9.78. The van der Waals surface area contributed by atoms with Crippen LogP contribution in [-0.2, 0) is 9.53 Å². The van der Waals surface area contributed by atoms with Gasteiger partial charge in [-0.25, -0.2) is 4.79 Å². The van der Waals surface area contributed by atoms with Gasteiger partial charge in [-0.05, 0) is 26.8 Å². The van der Waals surface area contributed by atoms with Crippen LogP contribution in [0.4, 0.5) is 5.69 Å². The molecule has 0 aliphatic carbocycles. The van der Waals surface area contributed by atoms with Crippen molar-refractivity contribution in [2.75, 3.05) is 24.5 Å². The van der Waals surface area contributed by atoms with Gasteiger partial charge in [-0.2, -0.15) is 0 Å². The van der Waals surface area contributed by atoms with E-state index in [0.717, 1.165) is 6.54 Å². The van der Waals surface area contributed by atoms with Crippen molar-refractivity contribution < 1.29 is 19.6 Å². The van der Waals surface area contributed by atoms with E-state index in [9.17, 15) is 14.8 Å². The van der Waals surface area contributed by atoms with Crippen molar-refractivity contribution in [3.05, 3.63) is 24.3 Å². The molecule has 1 aromatic rings. The highest BCUT2D eigenvalue weighted by atomic mass is 16.6. The molecule has 0 amide bonds. The summed E-state index contributed by atoms with van der Waals surface area (Å²) in [4.78, 5) is 14.3. The maximum absolute atomic E-state index is 12.4. The Morgan fingerprint density at radius 2 is 2.05 bits per heavy atom. The summed E-state index contributed by atoms with van der Waals surface area (Å²) in [6.07, 6.45) is 0. The van der Waals surface area contributed by atoms with Crippen molar-refractivity contribution in [2.45, 2.75) is 32.4 Å². The zero-order valence-corrected chi connectivity index (χ0v) is 13.2. The summed E-state index contributed by atoms with van der Waals surface area (Å²) in [5.74, 6) is -0.318. The molecule has 1 atom stereocenters. The zero-order valence-electron chi connectivity index (χ0n) is 13.2. The molecule has 1 aliphatic rings. The second-order valence-electron chi connectivity index (χ2n) is 6.38. The summed E-state index contributed by atoms with van der Waals surface area (Å²) in [5, 5.41) is 22.3. The van der Waals surface area contributed by atoms with E-state index in [2.05, 4.69) is 5.32 Å². The van der Waals surface area contributed by atoms with E-state index >= 15 is 0 Å². The first-order valence-electron chi connectivity index (χ1n) is 7.45. The van der Waals surface area contributed by atoms with Crippen LogP contribution in [0, 0.1) is 0 Å². The molecule has 3 N–H and O–H groups in total. The second kappa shape index (κ2) is 6.68. The predicted molar refractivity (Wildman–Crippen MR) is 86.1 cm³/mol. The molecule has 1 fully saturated rings.